The third-order valence-corrected chi connectivity index (χ3v) is 2.30. The first-order chi connectivity index (χ1) is 7.66. The van der Waals surface area contributed by atoms with Crippen LogP contribution in [0.2, 0.25) is 0 Å². The second-order valence-corrected chi connectivity index (χ2v) is 3.75. The van der Waals surface area contributed by atoms with E-state index in [0.29, 0.717) is 10.2 Å². The van der Waals surface area contributed by atoms with E-state index in [4.69, 9.17) is 0 Å². The van der Waals surface area contributed by atoms with Crippen LogP contribution in [0.1, 0.15) is 0 Å². The fourth-order valence-corrected chi connectivity index (χ4v) is 1.54. The molecule has 0 aliphatic carbocycles. The van der Waals surface area contributed by atoms with E-state index < -0.39 is 6.61 Å². The number of benzene rings is 1. The molecule has 0 bridgehead atoms. The van der Waals surface area contributed by atoms with E-state index in [2.05, 4.69) is 30.7 Å². The Kier molecular flexibility index (Phi) is 3.14. The molecule has 7 heteroatoms. The highest BCUT2D eigenvalue weighted by Crippen LogP contribution is 2.27. The minimum atomic E-state index is -2.88. The molecule has 0 aliphatic rings. The molecule has 0 N–H and O–H groups in total. The first-order valence-corrected chi connectivity index (χ1v) is 5.05. The summed E-state index contributed by atoms with van der Waals surface area (Å²) >= 11 is 3.18. The van der Waals surface area contributed by atoms with Crippen LogP contribution in [0.3, 0.4) is 0 Å². The van der Waals surface area contributed by atoms with Crippen LogP contribution < -0.4 is 4.74 Å². The molecule has 0 atom stereocenters. The molecular formula is C9H6BrF2N3O. The highest BCUT2D eigenvalue weighted by atomic mass is 79.9. The Morgan fingerprint density at radius 3 is 2.81 bits per heavy atom. The maximum Gasteiger partial charge on any atom is 0.387 e. The van der Waals surface area contributed by atoms with Gasteiger partial charge in [-0.3, -0.25) is 0 Å². The van der Waals surface area contributed by atoms with Gasteiger partial charge < -0.3 is 4.74 Å². The van der Waals surface area contributed by atoms with E-state index in [1.807, 2.05) is 0 Å². The van der Waals surface area contributed by atoms with Crippen LogP contribution in [-0.2, 0) is 0 Å². The molecule has 2 aromatic rings. The van der Waals surface area contributed by atoms with Gasteiger partial charge in [0.05, 0.1) is 0 Å². The van der Waals surface area contributed by atoms with Gasteiger partial charge in [0.2, 0.25) is 0 Å². The van der Waals surface area contributed by atoms with Gasteiger partial charge in [-0.2, -0.15) is 13.9 Å². The predicted octanol–water partition coefficient (Wildman–Crippen LogP) is 2.63. The molecular weight excluding hydrogens is 284 g/mol. The Labute approximate surface area is 98.0 Å². The fraction of sp³-hybridized carbons (Fsp3) is 0.111. The minimum Gasteiger partial charge on any atom is -0.432 e. The Bertz CT molecular complexity index is 476. The van der Waals surface area contributed by atoms with Crippen LogP contribution >= 0.6 is 15.9 Å². The summed E-state index contributed by atoms with van der Waals surface area (Å²) in [4.78, 5) is 3.74. The van der Waals surface area contributed by atoms with Gasteiger partial charge in [-0.05, 0) is 18.2 Å². The third-order valence-electron chi connectivity index (χ3n) is 1.80. The van der Waals surface area contributed by atoms with Crippen molar-refractivity contribution < 1.29 is 13.5 Å². The molecule has 2 rings (SSSR count). The number of alkyl halides is 2. The lowest BCUT2D eigenvalue weighted by Gasteiger charge is -2.10. The van der Waals surface area contributed by atoms with E-state index >= 15 is 0 Å². The van der Waals surface area contributed by atoms with Crippen molar-refractivity contribution in [2.75, 3.05) is 0 Å². The lowest BCUT2D eigenvalue weighted by molar-refractivity contribution is -0.0499. The topological polar surface area (TPSA) is 39.9 Å². The summed E-state index contributed by atoms with van der Waals surface area (Å²) in [5, 5.41) is 3.85. The molecule has 1 heterocycles. The number of aromatic nitrogens is 3. The highest BCUT2D eigenvalue weighted by molar-refractivity contribution is 9.10. The molecule has 84 valence electrons. The zero-order valence-corrected chi connectivity index (χ0v) is 9.43. The molecule has 16 heavy (non-hydrogen) atoms. The van der Waals surface area contributed by atoms with Crippen LogP contribution in [0.4, 0.5) is 8.78 Å². The summed E-state index contributed by atoms with van der Waals surface area (Å²) in [5.74, 6) is 0.0369. The van der Waals surface area contributed by atoms with E-state index in [1.54, 1.807) is 12.1 Å². The molecule has 4 nitrogen and oxygen atoms in total. The van der Waals surface area contributed by atoms with Crippen LogP contribution in [0.5, 0.6) is 5.75 Å². The van der Waals surface area contributed by atoms with Crippen LogP contribution in [0.25, 0.3) is 5.69 Å². The zero-order valence-electron chi connectivity index (χ0n) is 7.85. The Morgan fingerprint density at radius 1 is 1.38 bits per heavy atom. The molecule has 0 unspecified atom stereocenters. The molecule has 1 aromatic carbocycles. The number of ether oxygens (including phenoxy) is 1. The van der Waals surface area contributed by atoms with E-state index in [-0.39, 0.29) is 5.75 Å². The second kappa shape index (κ2) is 4.56. The van der Waals surface area contributed by atoms with Crippen molar-refractivity contribution in [1.82, 2.24) is 14.8 Å². The van der Waals surface area contributed by atoms with Gasteiger partial charge in [0.1, 0.15) is 18.3 Å². The largest absolute Gasteiger partial charge is 0.432 e. The van der Waals surface area contributed by atoms with Crippen molar-refractivity contribution in [3.8, 4) is 11.4 Å². The Balaban J connectivity index is 2.44. The predicted molar refractivity (Wildman–Crippen MR) is 55.7 cm³/mol. The molecule has 0 fully saturated rings. The van der Waals surface area contributed by atoms with Crippen LogP contribution in [0.15, 0.2) is 35.3 Å². The molecule has 0 amide bonds. The van der Waals surface area contributed by atoms with Crippen molar-refractivity contribution in [3.05, 3.63) is 35.3 Å². The van der Waals surface area contributed by atoms with Gasteiger partial charge in [-0.1, -0.05) is 15.9 Å². The Morgan fingerprint density at radius 2 is 2.19 bits per heavy atom. The number of rotatable bonds is 3. The standard InChI is InChI=1S/C9H6BrF2N3O/c10-6-1-2-7(15-5-13-4-14-15)8(3-6)16-9(11)12/h1-5,9H. The van der Waals surface area contributed by atoms with E-state index in [0.717, 1.165) is 0 Å². The molecule has 0 spiro atoms. The summed E-state index contributed by atoms with van der Waals surface area (Å²) in [7, 11) is 0. The van der Waals surface area contributed by atoms with Crippen LogP contribution in [-0.4, -0.2) is 21.4 Å². The Hall–Kier alpha value is -1.50. The maximum absolute atomic E-state index is 12.2. The van der Waals surface area contributed by atoms with Gasteiger partial charge in [-0.15, -0.1) is 0 Å². The number of hydrogen-bond donors (Lipinski definition) is 0. The van der Waals surface area contributed by atoms with Gasteiger partial charge >= 0.3 is 6.61 Å². The zero-order chi connectivity index (χ0) is 11.5. The average Bonchev–Trinajstić information content (AvgIpc) is 2.69. The average molecular weight is 290 g/mol. The SMILES string of the molecule is FC(F)Oc1cc(Br)ccc1-n1cncn1. The summed E-state index contributed by atoms with van der Waals surface area (Å²) < 4.78 is 30.8. The number of halogens is 3. The number of nitrogens with zero attached hydrogens (tertiary/aromatic N) is 3. The lowest BCUT2D eigenvalue weighted by atomic mass is 10.3. The molecule has 0 saturated heterocycles. The third kappa shape index (κ3) is 2.35. The normalized spacial score (nSPS) is 10.8. The molecule has 1 aromatic heterocycles. The monoisotopic (exact) mass is 289 g/mol. The number of hydrogen-bond acceptors (Lipinski definition) is 3. The summed E-state index contributed by atoms with van der Waals surface area (Å²) in [6.45, 7) is -2.88. The van der Waals surface area contributed by atoms with Gasteiger partial charge in [0.15, 0.2) is 5.75 Å². The van der Waals surface area contributed by atoms with Crippen molar-refractivity contribution in [3.63, 3.8) is 0 Å². The van der Waals surface area contributed by atoms with Gasteiger partial charge in [0, 0.05) is 4.47 Å². The van der Waals surface area contributed by atoms with Gasteiger partial charge in [0.25, 0.3) is 0 Å². The summed E-state index contributed by atoms with van der Waals surface area (Å²) in [6.07, 6.45) is 2.72. The molecule has 0 saturated carbocycles. The maximum atomic E-state index is 12.2. The van der Waals surface area contributed by atoms with Crippen molar-refractivity contribution in [1.29, 1.82) is 0 Å². The minimum absolute atomic E-state index is 0.0369. The first-order valence-electron chi connectivity index (χ1n) is 4.26. The smallest absolute Gasteiger partial charge is 0.387 e. The van der Waals surface area contributed by atoms with E-state index in [9.17, 15) is 8.78 Å². The second-order valence-electron chi connectivity index (χ2n) is 2.83. The molecule has 0 aliphatic heterocycles. The first kappa shape index (κ1) is 11.0. The fourth-order valence-electron chi connectivity index (χ4n) is 1.20. The van der Waals surface area contributed by atoms with Crippen molar-refractivity contribution >= 4 is 15.9 Å². The highest BCUT2D eigenvalue weighted by Gasteiger charge is 2.12. The van der Waals surface area contributed by atoms with Crippen molar-refractivity contribution in [2.45, 2.75) is 6.61 Å². The molecule has 0 radical (unpaired) electrons. The van der Waals surface area contributed by atoms with Crippen LogP contribution in [0, 0.1) is 0 Å². The quantitative estimate of drug-likeness (QED) is 0.872. The van der Waals surface area contributed by atoms with E-state index in [1.165, 1.54) is 23.4 Å². The summed E-state index contributed by atoms with van der Waals surface area (Å²) in [6, 6.07) is 4.76. The van der Waals surface area contributed by atoms with Gasteiger partial charge in [-0.25, -0.2) is 9.67 Å². The van der Waals surface area contributed by atoms with Crippen molar-refractivity contribution in [2.24, 2.45) is 0 Å². The lowest BCUT2D eigenvalue weighted by Crippen LogP contribution is -2.06. The summed E-state index contributed by atoms with van der Waals surface area (Å²) in [5.41, 5.74) is 0.404.